The normalized spacial score (nSPS) is 15.6. The van der Waals surface area contributed by atoms with E-state index in [-0.39, 0.29) is 23.4 Å². The van der Waals surface area contributed by atoms with Crippen LogP contribution in [0.2, 0.25) is 4.34 Å². The molecule has 0 unspecified atom stereocenters. The van der Waals surface area contributed by atoms with Crippen molar-refractivity contribution in [1.82, 2.24) is 4.31 Å². The molecule has 0 aliphatic heterocycles. The Morgan fingerprint density at radius 2 is 2.20 bits per heavy atom. The molecule has 2 rings (SSSR count). The predicted molar refractivity (Wildman–Crippen MR) is 77.6 cm³/mol. The molecular formula is C12H16ClNO4S2. The molecule has 1 aliphatic carbocycles. The van der Waals surface area contributed by atoms with Gasteiger partial charge in [0, 0.05) is 6.04 Å². The van der Waals surface area contributed by atoms with Crippen LogP contribution < -0.4 is 0 Å². The van der Waals surface area contributed by atoms with E-state index in [0.717, 1.165) is 29.7 Å². The fourth-order valence-electron chi connectivity index (χ4n) is 1.78. The molecule has 0 aromatic carbocycles. The quantitative estimate of drug-likeness (QED) is 0.748. The largest absolute Gasteiger partial charge is 0.465 e. The standard InChI is InChI=1S/C12H16ClNO4S2/c1-3-18-10(15)7-14(9-4-5-9)20(16,17)11-6-8(2)12(13)19-11/h6,9H,3-5,7H2,1-2H3. The smallest absolute Gasteiger partial charge is 0.321 e. The lowest BCUT2D eigenvalue weighted by Crippen LogP contribution is -2.37. The second kappa shape index (κ2) is 6.01. The molecule has 1 aromatic rings. The summed E-state index contributed by atoms with van der Waals surface area (Å²) >= 11 is 6.95. The Morgan fingerprint density at radius 1 is 1.55 bits per heavy atom. The lowest BCUT2D eigenvalue weighted by Gasteiger charge is -2.19. The zero-order valence-corrected chi connectivity index (χ0v) is 13.6. The lowest BCUT2D eigenvalue weighted by atomic mass is 10.4. The van der Waals surface area contributed by atoms with E-state index in [0.29, 0.717) is 4.34 Å². The van der Waals surface area contributed by atoms with Crippen molar-refractivity contribution in [2.45, 2.75) is 36.9 Å². The Morgan fingerprint density at radius 3 is 2.65 bits per heavy atom. The van der Waals surface area contributed by atoms with E-state index in [1.165, 1.54) is 4.31 Å². The summed E-state index contributed by atoms with van der Waals surface area (Å²) < 4.78 is 31.9. The number of sulfonamides is 1. The van der Waals surface area contributed by atoms with Gasteiger partial charge in [-0.15, -0.1) is 11.3 Å². The Bertz CT molecular complexity index is 587. The van der Waals surface area contributed by atoms with Crippen molar-refractivity contribution >= 4 is 38.9 Å². The number of nitrogens with zero attached hydrogens (tertiary/aromatic N) is 1. The van der Waals surface area contributed by atoms with Crippen LogP contribution in [0.25, 0.3) is 0 Å². The minimum absolute atomic E-state index is 0.106. The zero-order chi connectivity index (χ0) is 14.9. The van der Waals surface area contributed by atoms with Crippen molar-refractivity contribution in [1.29, 1.82) is 0 Å². The summed E-state index contributed by atoms with van der Waals surface area (Å²) in [6.07, 6.45) is 1.55. The van der Waals surface area contributed by atoms with E-state index in [1.807, 2.05) is 0 Å². The minimum atomic E-state index is -3.69. The van der Waals surface area contributed by atoms with E-state index in [2.05, 4.69) is 0 Å². The summed E-state index contributed by atoms with van der Waals surface area (Å²) in [6, 6.07) is 1.44. The zero-order valence-electron chi connectivity index (χ0n) is 11.3. The monoisotopic (exact) mass is 337 g/mol. The highest BCUT2D eigenvalue weighted by Crippen LogP contribution is 2.36. The Hall–Kier alpha value is -0.630. The molecule has 1 aromatic heterocycles. The molecule has 0 N–H and O–H groups in total. The molecule has 0 amide bonds. The number of ether oxygens (including phenoxy) is 1. The maximum atomic E-state index is 12.6. The minimum Gasteiger partial charge on any atom is -0.465 e. The van der Waals surface area contributed by atoms with Gasteiger partial charge in [0.2, 0.25) is 0 Å². The van der Waals surface area contributed by atoms with Crippen molar-refractivity contribution in [2.75, 3.05) is 13.2 Å². The molecule has 1 saturated carbocycles. The highest BCUT2D eigenvalue weighted by atomic mass is 35.5. The summed E-state index contributed by atoms with van der Waals surface area (Å²) in [5.74, 6) is -0.526. The predicted octanol–water partition coefficient (Wildman–Crippen LogP) is 2.43. The van der Waals surface area contributed by atoms with E-state index < -0.39 is 16.0 Å². The first-order chi connectivity index (χ1) is 9.36. The highest BCUT2D eigenvalue weighted by molar-refractivity contribution is 7.91. The molecule has 0 saturated heterocycles. The van der Waals surface area contributed by atoms with Crippen LogP contribution in [0.1, 0.15) is 25.3 Å². The summed E-state index contributed by atoms with van der Waals surface area (Å²) in [7, 11) is -3.69. The number of halogens is 1. The number of thiophene rings is 1. The van der Waals surface area contributed by atoms with Gasteiger partial charge < -0.3 is 4.74 Å². The van der Waals surface area contributed by atoms with Gasteiger partial charge >= 0.3 is 5.97 Å². The first-order valence-corrected chi connectivity index (χ1v) is 8.93. The van der Waals surface area contributed by atoms with E-state index in [1.54, 1.807) is 19.9 Å². The molecule has 0 radical (unpaired) electrons. The SMILES string of the molecule is CCOC(=O)CN(C1CC1)S(=O)(=O)c1cc(C)c(Cl)s1. The molecule has 0 atom stereocenters. The summed E-state index contributed by atoms with van der Waals surface area (Å²) in [6.45, 7) is 3.44. The third kappa shape index (κ3) is 3.33. The average Bonchev–Trinajstić information content (AvgIpc) is 3.13. The molecule has 112 valence electrons. The number of rotatable bonds is 6. The number of aryl methyl sites for hydroxylation is 1. The molecule has 1 fully saturated rings. The van der Waals surface area contributed by atoms with Crippen LogP contribution in [0.3, 0.4) is 0 Å². The molecule has 0 spiro atoms. The topological polar surface area (TPSA) is 63.7 Å². The van der Waals surface area contributed by atoms with Crippen LogP contribution in [0, 0.1) is 6.92 Å². The third-order valence-corrected chi connectivity index (χ3v) is 6.84. The van der Waals surface area contributed by atoms with Gasteiger partial charge in [-0.1, -0.05) is 11.6 Å². The number of hydrogen-bond donors (Lipinski definition) is 0. The van der Waals surface area contributed by atoms with Crippen LogP contribution in [0.4, 0.5) is 0 Å². The maximum absolute atomic E-state index is 12.6. The van der Waals surface area contributed by atoms with Gasteiger partial charge in [0.1, 0.15) is 10.8 Å². The van der Waals surface area contributed by atoms with Gasteiger partial charge in [-0.3, -0.25) is 4.79 Å². The molecule has 8 heteroatoms. The van der Waals surface area contributed by atoms with Gasteiger partial charge in [-0.25, -0.2) is 8.42 Å². The second-order valence-corrected chi connectivity index (χ2v) is 8.38. The van der Waals surface area contributed by atoms with Crippen molar-refractivity contribution < 1.29 is 17.9 Å². The van der Waals surface area contributed by atoms with E-state index in [9.17, 15) is 13.2 Å². The Kier molecular flexibility index (Phi) is 4.73. The summed E-state index contributed by atoms with van der Waals surface area (Å²) in [5, 5.41) is 0. The highest BCUT2D eigenvalue weighted by Gasteiger charge is 2.40. The van der Waals surface area contributed by atoms with E-state index in [4.69, 9.17) is 16.3 Å². The van der Waals surface area contributed by atoms with Crippen molar-refractivity contribution in [3.8, 4) is 0 Å². The third-order valence-electron chi connectivity index (χ3n) is 2.94. The van der Waals surface area contributed by atoms with Crippen molar-refractivity contribution in [3.63, 3.8) is 0 Å². The first kappa shape index (κ1) is 15.8. The van der Waals surface area contributed by atoms with Crippen molar-refractivity contribution in [2.24, 2.45) is 0 Å². The van der Waals surface area contributed by atoms with Gasteiger partial charge in [0.05, 0.1) is 10.9 Å². The fourth-order valence-corrected chi connectivity index (χ4v) is 5.25. The fraction of sp³-hybridized carbons (Fsp3) is 0.583. The lowest BCUT2D eigenvalue weighted by molar-refractivity contribution is -0.143. The first-order valence-electron chi connectivity index (χ1n) is 6.29. The van der Waals surface area contributed by atoms with Crippen LogP contribution in [0.15, 0.2) is 10.3 Å². The second-order valence-electron chi connectivity index (χ2n) is 4.61. The van der Waals surface area contributed by atoms with Crippen molar-refractivity contribution in [3.05, 3.63) is 16.0 Å². The number of carbonyl (C=O) groups is 1. The molecule has 1 heterocycles. The molecule has 1 aliphatic rings. The van der Waals surface area contributed by atoms with Crippen LogP contribution in [-0.4, -0.2) is 37.9 Å². The van der Waals surface area contributed by atoms with Gasteiger partial charge in [0.25, 0.3) is 10.0 Å². The maximum Gasteiger partial charge on any atom is 0.321 e. The van der Waals surface area contributed by atoms with Crippen LogP contribution in [-0.2, 0) is 19.6 Å². The summed E-state index contributed by atoms with van der Waals surface area (Å²) in [5.41, 5.74) is 0.724. The van der Waals surface area contributed by atoms with Gasteiger partial charge in [0.15, 0.2) is 0 Å². The van der Waals surface area contributed by atoms with Crippen LogP contribution >= 0.6 is 22.9 Å². The molecular weight excluding hydrogens is 322 g/mol. The summed E-state index contributed by atoms with van der Waals surface area (Å²) in [4.78, 5) is 11.6. The van der Waals surface area contributed by atoms with Gasteiger partial charge in [-0.05, 0) is 38.3 Å². The Labute approximate surface area is 127 Å². The van der Waals surface area contributed by atoms with E-state index >= 15 is 0 Å². The average molecular weight is 338 g/mol. The van der Waals surface area contributed by atoms with Crippen LogP contribution in [0.5, 0.6) is 0 Å². The number of esters is 1. The number of carbonyl (C=O) groups excluding carboxylic acids is 1. The Balaban J connectivity index is 2.25. The number of hydrogen-bond acceptors (Lipinski definition) is 5. The molecule has 20 heavy (non-hydrogen) atoms. The van der Waals surface area contributed by atoms with Gasteiger partial charge in [-0.2, -0.15) is 4.31 Å². The molecule has 0 bridgehead atoms. The molecule has 5 nitrogen and oxygen atoms in total.